The maximum absolute atomic E-state index is 11.7. The summed E-state index contributed by atoms with van der Waals surface area (Å²) in [6, 6.07) is -0.274. The van der Waals surface area contributed by atoms with Crippen LogP contribution in [0.25, 0.3) is 0 Å². The molecule has 1 N–H and O–H groups in total. The Morgan fingerprint density at radius 2 is 2.12 bits per heavy atom. The molecule has 3 amide bonds. The summed E-state index contributed by atoms with van der Waals surface area (Å²) in [5.41, 5.74) is 0. The average molecular weight is 247 g/mol. The van der Waals surface area contributed by atoms with Gasteiger partial charge in [0.15, 0.2) is 0 Å². The summed E-state index contributed by atoms with van der Waals surface area (Å²) in [6.45, 7) is 3.50. The Hall–Kier alpha value is -0.770. The van der Waals surface area contributed by atoms with Crippen LogP contribution in [-0.2, 0) is 4.79 Å². The van der Waals surface area contributed by atoms with E-state index in [1.807, 2.05) is 6.92 Å². The van der Waals surface area contributed by atoms with Crippen molar-refractivity contribution in [2.24, 2.45) is 5.92 Å². The fourth-order valence-corrected chi connectivity index (χ4v) is 1.68. The molecule has 0 spiro atoms. The van der Waals surface area contributed by atoms with E-state index in [0.29, 0.717) is 12.5 Å². The number of amides is 3. The van der Waals surface area contributed by atoms with E-state index < -0.39 is 0 Å². The molecule has 1 aliphatic carbocycles. The third kappa shape index (κ3) is 4.84. The van der Waals surface area contributed by atoms with Crippen LogP contribution in [0.4, 0.5) is 4.79 Å². The van der Waals surface area contributed by atoms with Crippen molar-refractivity contribution in [1.29, 1.82) is 0 Å². The second kappa shape index (κ2) is 6.74. The molecular weight excluding hydrogens is 228 g/mol. The summed E-state index contributed by atoms with van der Waals surface area (Å²) >= 11 is 5.43. The first kappa shape index (κ1) is 13.3. The molecule has 0 aromatic heterocycles. The van der Waals surface area contributed by atoms with Gasteiger partial charge in [0.05, 0.1) is 0 Å². The molecule has 0 heterocycles. The van der Waals surface area contributed by atoms with Gasteiger partial charge < -0.3 is 4.90 Å². The van der Waals surface area contributed by atoms with E-state index in [4.69, 9.17) is 11.6 Å². The molecule has 1 rings (SSSR count). The summed E-state index contributed by atoms with van der Waals surface area (Å²) < 4.78 is 0. The highest BCUT2D eigenvalue weighted by atomic mass is 35.5. The van der Waals surface area contributed by atoms with Gasteiger partial charge in [-0.05, 0) is 25.2 Å². The zero-order valence-corrected chi connectivity index (χ0v) is 10.4. The number of rotatable bonds is 6. The zero-order chi connectivity index (χ0) is 12.0. The maximum atomic E-state index is 11.7. The highest BCUT2D eigenvalue weighted by molar-refractivity contribution is 6.19. The summed E-state index contributed by atoms with van der Waals surface area (Å²) in [5, 5.41) is 2.36. The van der Waals surface area contributed by atoms with Crippen LogP contribution in [-0.4, -0.2) is 35.8 Å². The molecule has 0 unspecified atom stereocenters. The van der Waals surface area contributed by atoms with E-state index >= 15 is 0 Å². The minimum atomic E-state index is -0.295. The molecule has 0 radical (unpaired) electrons. The quantitative estimate of drug-likeness (QED) is 0.729. The van der Waals surface area contributed by atoms with Gasteiger partial charge in [-0.1, -0.05) is 6.92 Å². The van der Waals surface area contributed by atoms with Crippen molar-refractivity contribution in [3.63, 3.8) is 0 Å². The van der Waals surface area contributed by atoms with Crippen LogP contribution < -0.4 is 5.32 Å². The number of imide groups is 1. The monoisotopic (exact) mass is 246 g/mol. The zero-order valence-electron chi connectivity index (χ0n) is 9.67. The fourth-order valence-electron chi connectivity index (χ4n) is 1.50. The Morgan fingerprint density at radius 3 is 2.62 bits per heavy atom. The SMILES string of the molecule is CCCN(CC1CC1)C(=O)NC(=O)CCCl. The van der Waals surface area contributed by atoms with Gasteiger partial charge in [-0.15, -0.1) is 11.6 Å². The molecule has 0 bridgehead atoms. The average Bonchev–Trinajstić information content (AvgIpc) is 3.01. The second-order valence-corrected chi connectivity index (χ2v) is 4.56. The smallest absolute Gasteiger partial charge is 0.324 e. The van der Waals surface area contributed by atoms with Crippen LogP contribution in [0.5, 0.6) is 0 Å². The first-order valence-corrected chi connectivity index (χ1v) is 6.35. The number of carbonyl (C=O) groups is 2. The Bertz CT molecular complexity index is 254. The predicted octanol–water partition coefficient (Wildman–Crippen LogP) is 1.97. The first-order chi connectivity index (χ1) is 7.67. The van der Waals surface area contributed by atoms with Gasteiger partial charge in [-0.2, -0.15) is 0 Å². The van der Waals surface area contributed by atoms with Crippen molar-refractivity contribution >= 4 is 23.5 Å². The van der Waals surface area contributed by atoms with Crippen molar-refractivity contribution in [2.75, 3.05) is 19.0 Å². The first-order valence-electron chi connectivity index (χ1n) is 5.82. The molecule has 0 atom stereocenters. The van der Waals surface area contributed by atoms with Crippen LogP contribution in [0, 0.1) is 5.92 Å². The fraction of sp³-hybridized carbons (Fsp3) is 0.818. The Kier molecular flexibility index (Phi) is 5.60. The third-order valence-electron chi connectivity index (χ3n) is 2.52. The number of nitrogens with one attached hydrogen (secondary N) is 1. The lowest BCUT2D eigenvalue weighted by Gasteiger charge is -2.21. The number of nitrogens with zero attached hydrogens (tertiary/aromatic N) is 1. The van der Waals surface area contributed by atoms with E-state index in [1.54, 1.807) is 4.90 Å². The topological polar surface area (TPSA) is 49.4 Å². The number of urea groups is 1. The van der Waals surface area contributed by atoms with Crippen molar-refractivity contribution in [3.8, 4) is 0 Å². The van der Waals surface area contributed by atoms with Crippen LogP contribution in [0.2, 0.25) is 0 Å². The van der Waals surface area contributed by atoms with Crippen LogP contribution in [0.15, 0.2) is 0 Å². The van der Waals surface area contributed by atoms with Gasteiger partial charge in [0.1, 0.15) is 0 Å². The molecule has 0 aliphatic heterocycles. The Labute approximate surface area is 101 Å². The van der Waals surface area contributed by atoms with Crippen LogP contribution >= 0.6 is 11.6 Å². The predicted molar refractivity (Wildman–Crippen MR) is 63.5 cm³/mol. The highest BCUT2D eigenvalue weighted by Gasteiger charge is 2.26. The molecule has 0 saturated heterocycles. The van der Waals surface area contributed by atoms with Crippen molar-refractivity contribution in [2.45, 2.75) is 32.6 Å². The van der Waals surface area contributed by atoms with Crippen molar-refractivity contribution < 1.29 is 9.59 Å². The van der Waals surface area contributed by atoms with Gasteiger partial charge in [-0.25, -0.2) is 4.79 Å². The number of alkyl halides is 1. The minimum Gasteiger partial charge on any atom is -0.324 e. The van der Waals surface area contributed by atoms with E-state index in [2.05, 4.69) is 5.32 Å². The molecule has 0 aromatic rings. The van der Waals surface area contributed by atoms with Crippen molar-refractivity contribution in [3.05, 3.63) is 0 Å². The Morgan fingerprint density at radius 1 is 1.44 bits per heavy atom. The molecule has 16 heavy (non-hydrogen) atoms. The summed E-state index contributed by atoms with van der Waals surface area (Å²) in [6.07, 6.45) is 3.49. The normalized spacial score (nSPS) is 14.6. The lowest BCUT2D eigenvalue weighted by Crippen LogP contribution is -2.44. The number of carbonyl (C=O) groups excluding carboxylic acids is 2. The lowest BCUT2D eigenvalue weighted by molar-refractivity contribution is -0.119. The lowest BCUT2D eigenvalue weighted by atomic mass is 10.3. The molecule has 5 heteroatoms. The summed E-state index contributed by atoms with van der Waals surface area (Å²) in [4.78, 5) is 24.7. The third-order valence-corrected chi connectivity index (χ3v) is 2.71. The van der Waals surface area contributed by atoms with Crippen LogP contribution in [0.1, 0.15) is 32.6 Å². The molecular formula is C11H19ClN2O2. The highest BCUT2D eigenvalue weighted by Crippen LogP contribution is 2.29. The standard InChI is InChI=1S/C11H19ClN2O2/c1-2-7-14(8-9-3-4-9)11(16)13-10(15)5-6-12/h9H,2-8H2,1H3,(H,13,15,16). The summed E-state index contributed by atoms with van der Waals surface area (Å²) in [5.74, 6) is 0.590. The van der Waals surface area contributed by atoms with Crippen molar-refractivity contribution in [1.82, 2.24) is 10.2 Å². The molecule has 1 saturated carbocycles. The van der Waals surface area contributed by atoms with Gasteiger partial charge in [-0.3, -0.25) is 10.1 Å². The van der Waals surface area contributed by atoms with Crippen LogP contribution in [0.3, 0.4) is 0 Å². The van der Waals surface area contributed by atoms with E-state index in [1.165, 1.54) is 12.8 Å². The van der Waals surface area contributed by atoms with Gasteiger partial charge in [0.25, 0.3) is 0 Å². The maximum Gasteiger partial charge on any atom is 0.324 e. The van der Waals surface area contributed by atoms with Gasteiger partial charge in [0, 0.05) is 25.4 Å². The Balaban J connectivity index is 2.35. The van der Waals surface area contributed by atoms with Gasteiger partial charge >= 0.3 is 6.03 Å². The van der Waals surface area contributed by atoms with E-state index in [0.717, 1.165) is 13.0 Å². The largest absolute Gasteiger partial charge is 0.324 e. The van der Waals surface area contributed by atoms with E-state index in [-0.39, 0.29) is 24.2 Å². The number of halogens is 1. The second-order valence-electron chi connectivity index (χ2n) is 4.18. The minimum absolute atomic E-state index is 0.191. The summed E-state index contributed by atoms with van der Waals surface area (Å²) in [7, 11) is 0. The molecule has 0 aromatic carbocycles. The molecule has 1 fully saturated rings. The van der Waals surface area contributed by atoms with E-state index in [9.17, 15) is 9.59 Å². The molecule has 92 valence electrons. The van der Waals surface area contributed by atoms with Gasteiger partial charge in [0.2, 0.25) is 5.91 Å². The molecule has 1 aliphatic rings. The molecule has 4 nitrogen and oxygen atoms in total. The number of hydrogen-bond donors (Lipinski definition) is 1. The number of hydrogen-bond acceptors (Lipinski definition) is 2.